The van der Waals surface area contributed by atoms with E-state index in [1.165, 1.54) is 186 Å². The first-order valence-electron chi connectivity index (χ1n) is 37.5. The average molecular weight is 1340 g/mol. The van der Waals surface area contributed by atoms with Crippen LogP contribution in [0.25, 0.3) is 0 Å². The zero-order chi connectivity index (χ0) is 67.2. The van der Waals surface area contributed by atoms with Crippen molar-refractivity contribution in [2.75, 3.05) is 39.6 Å². The number of esters is 4. The molecule has 0 aliphatic carbocycles. The van der Waals surface area contributed by atoms with Gasteiger partial charge < -0.3 is 33.8 Å². The van der Waals surface area contributed by atoms with Crippen molar-refractivity contribution in [1.82, 2.24) is 0 Å². The third-order valence-electron chi connectivity index (χ3n) is 16.7. The van der Waals surface area contributed by atoms with Gasteiger partial charge in [0.05, 0.1) is 26.4 Å². The summed E-state index contributed by atoms with van der Waals surface area (Å²) in [5.41, 5.74) is 0. The highest BCUT2D eigenvalue weighted by atomic mass is 31.2. The van der Waals surface area contributed by atoms with Crippen molar-refractivity contribution in [2.45, 2.75) is 387 Å². The molecule has 0 saturated carbocycles. The van der Waals surface area contributed by atoms with Crippen LogP contribution in [-0.4, -0.2) is 96.7 Å². The van der Waals surface area contributed by atoms with E-state index in [4.69, 9.17) is 37.0 Å². The molecule has 0 bridgehead atoms. The number of rotatable bonds is 71. The minimum atomic E-state index is -4.95. The molecule has 17 nitrogen and oxygen atoms in total. The number of hydrogen-bond donors (Lipinski definition) is 3. The van der Waals surface area contributed by atoms with E-state index in [1.807, 2.05) is 0 Å². The molecule has 0 aromatic rings. The Labute approximate surface area is 556 Å². The number of carbonyl (C=O) groups is 4. The van der Waals surface area contributed by atoms with Gasteiger partial charge in [0.1, 0.15) is 19.3 Å². The zero-order valence-corrected chi connectivity index (χ0v) is 60.9. The van der Waals surface area contributed by atoms with Crippen LogP contribution in [0.4, 0.5) is 0 Å². The lowest BCUT2D eigenvalue weighted by atomic mass is 10.0. The van der Waals surface area contributed by atoms with E-state index in [9.17, 15) is 43.2 Å². The van der Waals surface area contributed by atoms with E-state index in [-0.39, 0.29) is 25.7 Å². The van der Waals surface area contributed by atoms with Crippen LogP contribution < -0.4 is 0 Å². The molecule has 19 heteroatoms. The Morgan fingerprint density at radius 2 is 0.505 bits per heavy atom. The Bertz CT molecular complexity index is 1770. The first-order chi connectivity index (χ1) is 43.9. The van der Waals surface area contributed by atoms with Crippen LogP contribution in [-0.2, 0) is 65.4 Å². The first-order valence-corrected chi connectivity index (χ1v) is 40.5. The molecule has 2 unspecified atom stereocenters. The van der Waals surface area contributed by atoms with Crippen molar-refractivity contribution >= 4 is 39.5 Å². The van der Waals surface area contributed by atoms with Crippen molar-refractivity contribution in [3.63, 3.8) is 0 Å². The van der Waals surface area contributed by atoms with E-state index in [0.717, 1.165) is 102 Å². The summed E-state index contributed by atoms with van der Waals surface area (Å²) in [5.74, 6) is -0.578. The molecule has 5 atom stereocenters. The second-order valence-electron chi connectivity index (χ2n) is 26.9. The monoisotopic (exact) mass is 1340 g/mol. The molecular weight excluding hydrogens is 1200 g/mol. The van der Waals surface area contributed by atoms with Gasteiger partial charge in [-0.25, -0.2) is 9.13 Å². The SMILES string of the molecule is CCCCCCCCCCCCC(=O)O[C@H](COC(=O)CCCCCCCCCCC)COP(=O)(O)OC[C@H](O)COP(=O)(O)OC[C@@H](COC(=O)CCCCCCCCCCC(C)C)OC(=O)CCCCCCCCCCCCCCCCCCCCC(C)C. The molecule has 91 heavy (non-hydrogen) atoms. The highest BCUT2D eigenvalue weighted by Crippen LogP contribution is 2.45. The molecule has 0 amide bonds. The summed E-state index contributed by atoms with van der Waals surface area (Å²) in [4.78, 5) is 72.5. The van der Waals surface area contributed by atoms with Crippen molar-refractivity contribution in [3.8, 4) is 0 Å². The molecule has 0 aliphatic heterocycles. The highest BCUT2D eigenvalue weighted by Gasteiger charge is 2.30. The lowest BCUT2D eigenvalue weighted by Crippen LogP contribution is -2.30. The molecule has 0 aromatic carbocycles. The predicted octanol–water partition coefficient (Wildman–Crippen LogP) is 20.8. The van der Waals surface area contributed by atoms with Gasteiger partial charge in [-0.3, -0.25) is 37.3 Å². The quantitative estimate of drug-likeness (QED) is 0.0222. The van der Waals surface area contributed by atoms with Gasteiger partial charge in [-0.1, -0.05) is 318 Å². The van der Waals surface area contributed by atoms with Gasteiger partial charge in [0.2, 0.25) is 0 Å². The smallest absolute Gasteiger partial charge is 0.462 e. The molecule has 0 spiro atoms. The largest absolute Gasteiger partial charge is 0.472 e. The number of ether oxygens (including phenoxy) is 4. The Kier molecular flexibility index (Phi) is 62.7. The average Bonchev–Trinajstić information content (AvgIpc) is 3.50. The van der Waals surface area contributed by atoms with Crippen LogP contribution in [0.1, 0.15) is 369 Å². The molecule has 0 radical (unpaired) electrons. The molecule has 540 valence electrons. The number of hydrogen-bond acceptors (Lipinski definition) is 15. The van der Waals surface area contributed by atoms with Crippen molar-refractivity contribution in [3.05, 3.63) is 0 Å². The third kappa shape index (κ3) is 66.5. The summed E-state index contributed by atoms with van der Waals surface area (Å²) >= 11 is 0. The Morgan fingerprint density at radius 3 is 0.747 bits per heavy atom. The topological polar surface area (TPSA) is 237 Å². The maximum Gasteiger partial charge on any atom is 0.472 e. The Morgan fingerprint density at radius 1 is 0.297 bits per heavy atom. The minimum Gasteiger partial charge on any atom is -0.462 e. The van der Waals surface area contributed by atoms with Crippen LogP contribution in [0, 0.1) is 11.8 Å². The van der Waals surface area contributed by atoms with E-state index in [2.05, 4.69) is 41.5 Å². The Hall–Kier alpha value is -1.94. The lowest BCUT2D eigenvalue weighted by Gasteiger charge is -2.21. The summed E-state index contributed by atoms with van der Waals surface area (Å²) < 4.78 is 68.2. The predicted molar refractivity (Wildman–Crippen MR) is 368 cm³/mol. The fourth-order valence-electron chi connectivity index (χ4n) is 10.9. The summed E-state index contributed by atoms with van der Waals surface area (Å²) in [6, 6.07) is 0. The maximum absolute atomic E-state index is 13.0. The van der Waals surface area contributed by atoms with E-state index in [1.54, 1.807) is 0 Å². The first kappa shape index (κ1) is 89.1. The highest BCUT2D eigenvalue weighted by molar-refractivity contribution is 7.47. The minimum absolute atomic E-state index is 0.106. The molecule has 0 aliphatic rings. The molecule has 0 aromatic heterocycles. The normalized spacial score (nSPS) is 14.1. The second-order valence-corrected chi connectivity index (χ2v) is 29.8. The summed E-state index contributed by atoms with van der Waals surface area (Å²) in [5, 5.41) is 10.6. The summed E-state index contributed by atoms with van der Waals surface area (Å²) in [6.07, 6.45) is 50.1. The van der Waals surface area contributed by atoms with Gasteiger partial charge in [0.15, 0.2) is 12.2 Å². The van der Waals surface area contributed by atoms with Gasteiger partial charge >= 0.3 is 39.5 Å². The number of carbonyl (C=O) groups excluding carboxylic acids is 4. The van der Waals surface area contributed by atoms with Gasteiger partial charge in [-0.2, -0.15) is 0 Å². The molecule has 0 fully saturated rings. The van der Waals surface area contributed by atoms with Crippen LogP contribution in [0.2, 0.25) is 0 Å². The second kappa shape index (κ2) is 64.1. The maximum atomic E-state index is 13.0. The third-order valence-corrected chi connectivity index (χ3v) is 18.6. The Balaban J connectivity index is 5.15. The molecule has 0 heterocycles. The fourth-order valence-corrected chi connectivity index (χ4v) is 12.5. The standard InChI is InChI=1S/C72H140O17P2/c1-7-9-11-13-15-17-30-38-44-50-56-71(76)88-67(60-82-69(74)54-48-42-36-28-16-14-12-10-8-2)62-86-90(78,79)84-58-66(73)59-85-91(80,81)87-63-68(61-83-70(75)55-49-43-37-33-32-35-41-47-53-65(5)6)89-72(77)57-51-45-39-31-27-25-23-21-19-18-20-22-24-26-29-34-40-46-52-64(3)4/h64-68,73H,7-63H2,1-6H3,(H,78,79)(H,80,81)/t66-,67+,68+/m0/s1. The van der Waals surface area contributed by atoms with Gasteiger partial charge in [0.25, 0.3) is 0 Å². The summed E-state index contributed by atoms with van der Waals surface area (Å²) in [7, 11) is -9.90. The van der Waals surface area contributed by atoms with Crippen LogP contribution in [0.15, 0.2) is 0 Å². The summed E-state index contributed by atoms with van der Waals surface area (Å²) in [6.45, 7) is 9.54. The van der Waals surface area contributed by atoms with Crippen molar-refractivity contribution < 1.29 is 80.2 Å². The zero-order valence-electron chi connectivity index (χ0n) is 59.1. The van der Waals surface area contributed by atoms with Gasteiger partial charge in [-0.05, 0) is 37.5 Å². The van der Waals surface area contributed by atoms with Gasteiger partial charge in [-0.15, -0.1) is 0 Å². The van der Waals surface area contributed by atoms with Gasteiger partial charge in [0, 0.05) is 25.7 Å². The fraction of sp³-hybridized carbons (Fsp3) is 0.944. The van der Waals surface area contributed by atoms with E-state index in [0.29, 0.717) is 25.7 Å². The number of phosphoric ester groups is 2. The van der Waals surface area contributed by atoms with Crippen LogP contribution in [0.5, 0.6) is 0 Å². The molecular formula is C72H140O17P2. The van der Waals surface area contributed by atoms with E-state index >= 15 is 0 Å². The van der Waals surface area contributed by atoms with E-state index < -0.39 is 97.5 Å². The number of aliphatic hydroxyl groups excluding tert-OH is 1. The molecule has 3 N–H and O–H groups in total. The van der Waals surface area contributed by atoms with Crippen molar-refractivity contribution in [2.24, 2.45) is 11.8 Å². The molecule has 0 rings (SSSR count). The van der Waals surface area contributed by atoms with Crippen LogP contribution in [0.3, 0.4) is 0 Å². The number of aliphatic hydroxyl groups is 1. The number of phosphoric acid groups is 2. The van der Waals surface area contributed by atoms with Crippen molar-refractivity contribution in [1.29, 1.82) is 0 Å². The molecule has 0 saturated heterocycles. The van der Waals surface area contributed by atoms with Crippen LogP contribution >= 0.6 is 15.6 Å². The number of unbranched alkanes of at least 4 members (excludes halogenated alkanes) is 41. The lowest BCUT2D eigenvalue weighted by molar-refractivity contribution is -0.161.